The normalized spacial score (nSPS) is 6.00. The Kier molecular flexibility index (Phi) is 12.6. The van der Waals surface area contributed by atoms with Gasteiger partial charge in [-0.3, -0.25) is 0 Å². The van der Waals surface area contributed by atoms with Crippen molar-refractivity contribution in [2.45, 2.75) is 13.8 Å². The quantitative estimate of drug-likeness (QED) is 0.515. The molecule has 0 saturated heterocycles. The lowest BCUT2D eigenvalue weighted by atomic mass is 10.3. The van der Waals surface area contributed by atoms with Gasteiger partial charge in [0.2, 0.25) is 0 Å². The topological polar surface area (TPSA) is 20.2 Å². The van der Waals surface area contributed by atoms with Crippen LogP contribution in [0.4, 0.5) is 0 Å². The first kappa shape index (κ1) is 10.4. The fourth-order valence-corrected chi connectivity index (χ4v) is 0.236. The molecule has 1 N–H and O–H groups in total. The molecular formula is C7H14O. The van der Waals surface area contributed by atoms with E-state index in [1.54, 1.807) is 6.08 Å². The molecule has 1 heteroatoms. The van der Waals surface area contributed by atoms with E-state index in [1.165, 1.54) is 5.57 Å². The predicted molar refractivity (Wildman–Crippen MR) is 37.8 cm³/mol. The lowest BCUT2D eigenvalue weighted by Crippen LogP contribution is -1.54. The molecule has 0 aliphatic rings. The number of allylic oxidation sites excluding steroid dienone is 3. The molecule has 0 aromatic heterocycles. The summed E-state index contributed by atoms with van der Waals surface area (Å²) in [6.45, 7) is 7.61. The molecule has 0 bridgehead atoms. The average Bonchev–Trinajstić information content (AvgIpc) is 1.72. The van der Waals surface area contributed by atoms with Crippen LogP contribution in [0.5, 0.6) is 0 Å². The molecule has 0 spiro atoms. The predicted octanol–water partition coefficient (Wildman–Crippen LogP) is 1.75. The van der Waals surface area contributed by atoms with Gasteiger partial charge in [0.05, 0.1) is 0 Å². The molecule has 0 aromatic carbocycles. The maximum absolute atomic E-state index is 7.00. The minimum absolute atomic E-state index is 1.00. The van der Waals surface area contributed by atoms with Crippen LogP contribution in [0, 0.1) is 0 Å². The molecule has 0 radical (unpaired) electrons. The lowest BCUT2D eigenvalue weighted by Gasteiger charge is -1.76. The molecule has 0 aromatic rings. The van der Waals surface area contributed by atoms with Crippen molar-refractivity contribution >= 4 is 0 Å². The zero-order valence-electron chi connectivity index (χ0n) is 5.81. The summed E-state index contributed by atoms with van der Waals surface area (Å²) < 4.78 is 0. The molecule has 48 valence electrons. The summed E-state index contributed by atoms with van der Waals surface area (Å²) in [5.41, 5.74) is 1.30. The van der Waals surface area contributed by atoms with Crippen LogP contribution in [0.15, 0.2) is 24.3 Å². The average molecular weight is 114 g/mol. The van der Waals surface area contributed by atoms with Crippen LogP contribution in [-0.2, 0) is 0 Å². The summed E-state index contributed by atoms with van der Waals surface area (Å²) in [7, 11) is 1.00. The molecule has 8 heavy (non-hydrogen) atoms. The molecule has 1 nitrogen and oxygen atoms in total. The van der Waals surface area contributed by atoms with E-state index in [-0.39, 0.29) is 0 Å². The summed E-state index contributed by atoms with van der Waals surface area (Å²) >= 11 is 0. The third-order valence-electron chi connectivity index (χ3n) is 0.451. The zero-order chi connectivity index (χ0) is 6.99. The first-order chi connectivity index (χ1) is 3.77. The third kappa shape index (κ3) is 18.0. The Morgan fingerprint density at radius 3 is 1.75 bits per heavy atom. The molecule has 0 heterocycles. The first-order valence-corrected chi connectivity index (χ1v) is 2.48. The van der Waals surface area contributed by atoms with Crippen molar-refractivity contribution in [2.75, 3.05) is 7.11 Å². The second kappa shape index (κ2) is 9.67. The Morgan fingerprint density at radius 2 is 1.75 bits per heavy atom. The summed E-state index contributed by atoms with van der Waals surface area (Å²) in [6.07, 6.45) is 3.76. The summed E-state index contributed by atoms with van der Waals surface area (Å²) in [5.74, 6) is 0. The Morgan fingerprint density at radius 1 is 1.38 bits per heavy atom. The molecule has 0 unspecified atom stereocenters. The third-order valence-corrected chi connectivity index (χ3v) is 0.451. The monoisotopic (exact) mass is 114 g/mol. The van der Waals surface area contributed by atoms with Crippen LogP contribution in [-0.4, -0.2) is 12.2 Å². The van der Waals surface area contributed by atoms with E-state index in [1.807, 2.05) is 19.9 Å². The Hall–Kier alpha value is -0.560. The number of aliphatic hydroxyl groups excluding tert-OH is 1. The van der Waals surface area contributed by atoms with Crippen LogP contribution in [0.1, 0.15) is 13.8 Å². The molecule has 0 amide bonds. The Labute approximate surface area is 51.3 Å². The first-order valence-electron chi connectivity index (χ1n) is 2.48. The maximum Gasteiger partial charge on any atom is 0.0319 e. The summed E-state index contributed by atoms with van der Waals surface area (Å²) in [6, 6.07) is 0. The summed E-state index contributed by atoms with van der Waals surface area (Å²) in [5, 5.41) is 7.00. The number of rotatable bonds is 1. The van der Waals surface area contributed by atoms with Crippen molar-refractivity contribution in [1.82, 2.24) is 0 Å². The van der Waals surface area contributed by atoms with Crippen molar-refractivity contribution in [3.8, 4) is 0 Å². The van der Waals surface area contributed by atoms with Crippen LogP contribution < -0.4 is 0 Å². The maximum atomic E-state index is 7.00. The smallest absolute Gasteiger partial charge is 0.0319 e. The van der Waals surface area contributed by atoms with Gasteiger partial charge in [0.1, 0.15) is 0 Å². The van der Waals surface area contributed by atoms with Crippen LogP contribution >= 0.6 is 0 Å². The number of aliphatic hydroxyl groups is 1. The van der Waals surface area contributed by atoms with Gasteiger partial charge in [-0.05, 0) is 13.8 Å². The van der Waals surface area contributed by atoms with E-state index in [9.17, 15) is 0 Å². The highest BCUT2D eigenvalue weighted by Gasteiger charge is 1.63. The summed E-state index contributed by atoms with van der Waals surface area (Å²) in [4.78, 5) is 0. The standard InChI is InChI=1S/C6H10.CH4O/c1-4-5-6(2)3;1-2/h4-5H,1H2,2-3H3;2H,1H3. The SMILES string of the molecule is C=CC=C(C)C.CO. The van der Waals surface area contributed by atoms with Gasteiger partial charge in [-0.2, -0.15) is 0 Å². The largest absolute Gasteiger partial charge is 0.400 e. The second-order valence-electron chi connectivity index (χ2n) is 1.48. The van der Waals surface area contributed by atoms with Crippen molar-refractivity contribution in [1.29, 1.82) is 0 Å². The van der Waals surface area contributed by atoms with Crippen LogP contribution in [0.3, 0.4) is 0 Å². The van der Waals surface area contributed by atoms with Crippen molar-refractivity contribution in [2.24, 2.45) is 0 Å². The molecule has 0 atom stereocenters. The highest BCUT2D eigenvalue weighted by Crippen LogP contribution is 1.85. The Bertz CT molecular complexity index is 68.5. The van der Waals surface area contributed by atoms with Gasteiger partial charge in [0, 0.05) is 7.11 Å². The van der Waals surface area contributed by atoms with Crippen molar-refractivity contribution in [3.05, 3.63) is 24.3 Å². The van der Waals surface area contributed by atoms with E-state index in [0.29, 0.717) is 0 Å². The fraction of sp³-hybridized carbons (Fsp3) is 0.429. The minimum Gasteiger partial charge on any atom is -0.400 e. The van der Waals surface area contributed by atoms with Gasteiger partial charge in [0.15, 0.2) is 0 Å². The number of hydrogen-bond donors (Lipinski definition) is 1. The van der Waals surface area contributed by atoms with E-state index < -0.39 is 0 Å². The molecule has 0 aliphatic carbocycles. The van der Waals surface area contributed by atoms with Gasteiger partial charge in [-0.1, -0.05) is 24.3 Å². The molecule has 0 rings (SSSR count). The van der Waals surface area contributed by atoms with Gasteiger partial charge in [-0.15, -0.1) is 0 Å². The number of hydrogen-bond acceptors (Lipinski definition) is 1. The van der Waals surface area contributed by atoms with Crippen molar-refractivity contribution in [3.63, 3.8) is 0 Å². The minimum atomic E-state index is 1.00. The highest BCUT2D eigenvalue weighted by molar-refractivity contribution is 5.04. The molecular weight excluding hydrogens is 100 g/mol. The van der Waals surface area contributed by atoms with E-state index in [4.69, 9.17) is 5.11 Å². The van der Waals surface area contributed by atoms with Gasteiger partial charge in [-0.25, -0.2) is 0 Å². The van der Waals surface area contributed by atoms with Crippen LogP contribution in [0.25, 0.3) is 0 Å². The van der Waals surface area contributed by atoms with Gasteiger partial charge < -0.3 is 5.11 Å². The zero-order valence-corrected chi connectivity index (χ0v) is 5.81. The van der Waals surface area contributed by atoms with E-state index >= 15 is 0 Å². The molecule has 0 saturated carbocycles. The van der Waals surface area contributed by atoms with E-state index in [2.05, 4.69) is 6.58 Å². The Balaban J connectivity index is 0. The molecule has 0 aliphatic heterocycles. The second-order valence-corrected chi connectivity index (χ2v) is 1.48. The van der Waals surface area contributed by atoms with Gasteiger partial charge in [0.25, 0.3) is 0 Å². The van der Waals surface area contributed by atoms with Gasteiger partial charge >= 0.3 is 0 Å². The fourth-order valence-electron chi connectivity index (χ4n) is 0.236. The highest BCUT2D eigenvalue weighted by atomic mass is 16.2. The lowest BCUT2D eigenvalue weighted by molar-refractivity contribution is 0.399. The van der Waals surface area contributed by atoms with Crippen LogP contribution in [0.2, 0.25) is 0 Å². The van der Waals surface area contributed by atoms with Crippen molar-refractivity contribution < 1.29 is 5.11 Å². The van der Waals surface area contributed by atoms with E-state index in [0.717, 1.165) is 7.11 Å². The molecule has 0 fully saturated rings.